The van der Waals surface area contributed by atoms with Gasteiger partial charge < -0.3 is 15.7 Å². The molecule has 1 unspecified atom stereocenters. The second-order valence-corrected chi connectivity index (χ2v) is 3.82. The number of rotatable bonds is 7. The molecule has 0 saturated heterocycles. The maximum atomic E-state index is 11.4. The molecule has 3 N–H and O–H groups in total. The summed E-state index contributed by atoms with van der Waals surface area (Å²) in [5.41, 5.74) is 0. The van der Waals surface area contributed by atoms with Crippen molar-refractivity contribution in [2.75, 3.05) is 13.1 Å². The topological polar surface area (TPSA) is 78.4 Å². The number of carbonyl (C=O) groups excluding carboxylic acids is 1. The first-order valence-corrected chi connectivity index (χ1v) is 5.38. The van der Waals surface area contributed by atoms with Gasteiger partial charge in [-0.25, -0.2) is 4.79 Å². The molecule has 86 valence electrons. The summed E-state index contributed by atoms with van der Waals surface area (Å²) in [6.45, 7) is 3.37. The van der Waals surface area contributed by atoms with Crippen LogP contribution in [0.5, 0.6) is 0 Å². The van der Waals surface area contributed by atoms with Crippen molar-refractivity contribution < 1.29 is 14.7 Å². The molecule has 1 rings (SSSR count). The molecule has 0 aromatic heterocycles. The average molecular weight is 214 g/mol. The fourth-order valence-electron chi connectivity index (χ4n) is 1.44. The number of hydrogen-bond donors (Lipinski definition) is 3. The lowest BCUT2D eigenvalue weighted by atomic mass is 10.2. The highest BCUT2D eigenvalue weighted by molar-refractivity contribution is 5.84. The van der Waals surface area contributed by atoms with E-state index in [1.807, 2.05) is 6.92 Å². The van der Waals surface area contributed by atoms with E-state index >= 15 is 0 Å². The number of amides is 1. The maximum Gasteiger partial charge on any atom is 0.326 e. The van der Waals surface area contributed by atoms with Gasteiger partial charge in [0.25, 0.3) is 0 Å². The van der Waals surface area contributed by atoms with E-state index in [2.05, 4.69) is 10.6 Å². The summed E-state index contributed by atoms with van der Waals surface area (Å²) in [5, 5.41) is 14.5. The Bertz CT molecular complexity index is 239. The minimum absolute atomic E-state index is 0.144. The summed E-state index contributed by atoms with van der Waals surface area (Å²) < 4.78 is 0. The van der Waals surface area contributed by atoms with E-state index < -0.39 is 12.0 Å². The molecule has 5 nitrogen and oxygen atoms in total. The normalized spacial score (nSPS) is 17.1. The molecule has 0 bridgehead atoms. The number of hydrogen-bond acceptors (Lipinski definition) is 3. The zero-order valence-corrected chi connectivity index (χ0v) is 8.95. The molecule has 0 radical (unpaired) electrons. The molecule has 0 aliphatic heterocycles. The molecule has 0 spiro atoms. The van der Waals surface area contributed by atoms with Crippen molar-refractivity contribution in [2.24, 2.45) is 5.92 Å². The monoisotopic (exact) mass is 214 g/mol. The van der Waals surface area contributed by atoms with Crippen LogP contribution >= 0.6 is 0 Å². The molecule has 1 aliphatic rings. The number of carboxylic acid groups (broad SMARTS) is 1. The molecule has 0 aromatic rings. The fraction of sp³-hybridized carbons (Fsp3) is 0.800. The van der Waals surface area contributed by atoms with E-state index in [0.717, 1.165) is 19.4 Å². The molecule has 1 fully saturated rings. The van der Waals surface area contributed by atoms with Crippen LogP contribution in [0.3, 0.4) is 0 Å². The third kappa shape index (κ3) is 4.29. The van der Waals surface area contributed by atoms with Crippen molar-refractivity contribution in [2.45, 2.75) is 32.2 Å². The Hall–Kier alpha value is -1.10. The van der Waals surface area contributed by atoms with Crippen molar-refractivity contribution in [3.05, 3.63) is 0 Å². The Labute approximate surface area is 89.2 Å². The lowest BCUT2D eigenvalue weighted by molar-refractivity contribution is -0.142. The number of nitrogens with one attached hydrogen (secondary N) is 2. The summed E-state index contributed by atoms with van der Waals surface area (Å²) in [6.07, 6.45) is 2.15. The fourth-order valence-corrected chi connectivity index (χ4v) is 1.44. The van der Waals surface area contributed by atoms with Crippen molar-refractivity contribution in [3.63, 3.8) is 0 Å². The van der Waals surface area contributed by atoms with E-state index in [-0.39, 0.29) is 11.8 Å². The van der Waals surface area contributed by atoms with E-state index in [1.165, 1.54) is 0 Å². The molecular weight excluding hydrogens is 196 g/mol. The van der Waals surface area contributed by atoms with Crippen LogP contribution < -0.4 is 10.6 Å². The van der Waals surface area contributed by atoms with E-state index in [9.17, 15) is 9.59 Å². The van der Waals surface area contributed by atoms with E-state index in [4.69, 9.17) is 5.11 Å². The summed E-state index contributed by atoms with van der Waals surface area (Å²) in [4.78, 5) is 22.2. The van der Waals surface area contributed by atoms with Crippen LogP contribution in [0.1, 0.15) is 26.2 Å². The average Bonchev–Trinajstić information content (AvgIpc) is 2.97. The molecule has 0 heterocycles. The zero-order valence-electron chi connectivity index (χ0n) is 8.95. The number of aliphatic carboxylic acids is 1. The van der Waals surface area contributed by atoms with Gasteiger partial charge in [-0.1, -0.05) is 6.92 Å². The van der Waals surface area contributed by atoms with Crippen LogP contribution in [-0.2, 0) is 9.59 Å². The van der Waals surface area contributed by atoms with Gasteiger partial charge in [-0.15, -0.1) is 0 Å². The van der Waals surface area contributed by atoms with Crippen molar-refractivity contribution in [1.29, 1.82) is 0 Å². The molecule has 15 heavy (non-hydrogen) atoms. The van der Waals surface area contributed by atoms with Crippen molar-refractivity contribution in [1.82, 2.24) is 10.6 Å². The largest absolute Gasteiger partial charge is 0.480 e. The number of carboxylic acids is 1. The highest BCUT2D eigenvalue weighted by Gasteiger charge is 2.36. The van der Waals surface area contributed by atoms with Gasteiger partial charge in [0.15, 0.2) is 0 Å². The van der Waals surface area contributed by atoms with Gasteiger partial charge in [0.2, 0.25) is 5.91 Å². The third-order valence-corrected chi connectivity index (χ3v) is 2.45. The zero-order chi connectivity index (χ0) is 11.3. The minimum atomic E-state index is -0.922. The van der Waals surface area contributed by atoms with Gasteiger partial charge in [0.1, 0.15) is 6.04 Å². The van der Waals surface area contributed by atoms with Crippen LogP contribution in [0.2, 0.25) is 0 Å². The molecule has 1 aliphatic carbocycles. The molecule has 0 aromatic carbocycles. The lowest BCUT2D eigenvalue weighted by Gasteiger charge is -2.13. The van der Waals surface area contributed by atoms with Gasteiger partial charge in [0, 0.05) is 13.0 Å². The van der Waals surface area contributed by atoms with Gasteiger partial charge in [0.05, 0.1) is 0 Å². The second-order valence-electron chi connectivity index (χ2n) is 3.82. The predicted octanol–water partition coefficient (Wildman–Crippen LogP) is -0.0346. The van der Waals surface area contributed by atoms with E-state index in [1.54, 1.807) is 0 Å². The predicted molar refractivity (Wildman–Crippen MR) is 55.5 cm³/mol. The molecule has 5 heteroatoms. The molecule has 1 saturated carbocycles. The highest BCUT2D eigenvalue weighted by Crippen LogP contribution is 2.32. The third-order valence-electron chi connectivity index (χ3n) is 2.45. The lowest BCUT2D eigenvalue weighted by Crippen LogP contribution is -2.43. The Kier molecular flexibility index (Phi) is 4.55. The van der Waals surface area contributed by atoms with Gasteiger partial charge >= 0.3 is 5.97 Å². The SMILES string of the molecule is CCNCCC(=O)NC(C(=O)O)C1CC1. The summed E-state index contributed by atoms with van der Waals surface area (Å²) in [5.74, 6) is -0.963. The Morgan fingerprint density at radius 2 is 2.13 bits per heavy atom. The van der Waals surface area contributed by atoms with E-state index in [0.29, 0.717) is 13.0 Å². The van der Waals surface area contributed by atoms with Crippen molar-refractivity contribution >= 4 is 11.9 Å². The first kappa shape index (κ1) is 12.0. The maximum absolute atomic E-state index is 11.4. The van der Waals surface area contributed by atoms with Gasteiger partial charge in [-0.2, -0.15) is 0 Å². The highest BCUT2D eigenvalue weighted by atomic mass is 16.4. The minimum Gasteiger partial charge on any atom is -0.480 e. The smallest absolute Gasteiger partial charge is 0.326 e. The Morgan fingerprint density at radius 3 is 2.60 bits per heavy atom. The van der Waals surface area contributed by atoms with Crippen LogP contribution in [0, 0.1) is 5.92 Å². The van der Waals surface area contributed by atoms with Crippen LogP contribution in [0.4, 0.5) is 0 Å². The molecule has 1 atom stereocenters. The molecular formula is C10H18N2O3. The summed E-state index contributed by atoms with van der Waals surface area (Å²) in [7, 11) is 0. The Balaban J connectivity index is 2.24. The van der Waals surface area contributed by atoms with Gasteiger partial charge in [-0.3, -0.25) is 4.79 Å². The van der Waals surface area contributed by atoms with Crippen LogP contribution in [-0.4, -0.2) is 36.1 Å². The van der Waals surface area contributed by atoms with Crippen LogP contribution in [0.25, 0.3) is 0 Å². The standard InChI is InChI=1S/C10H18N2O3/c1-2-11-6-5-8(13)12-9(10(14)15)7-3-4-7/h7,9,11H,2-6H2,1H3,(H,12,13)(H,14,15). The first-order valence-electron chi connectivity index (χ1n) is 5.38. The first-order chi connectivity index (χ1) is 7.15. The number of carbonyl (C=O) groups is 2. The van der Waals surface area contributed by atoms with Crippen molar-refractivity contribution in [3.8, 4) is 0 Å². The Morgan fingerprint density at radius 1 is 1.47 bits per heavy atom. The summed E-state index contributed by atoms with van der Waals surface area (Å²) in [6, 6.07) is -0.681. The quantitative estimate of drug-likeness (QED) is 0.520. The molecule has 1 amide bonds. The van der Waals surface area contributed by atoms with Crippen LogP contribution in [0.15, 0.2) is 0 Å². The van der Waals surface area contributed by atoms with Gasteiger partial charge in [-0.05, 0) is 25.3 Å². The second kappa shape index (κ2) is 5.70. The summed E-state index contributed by atoms with van der Waals surface area (Å²) >= 11 is 0.